The topological polar surface area (TPSA) is 55.4 Å². The van der Waals surface area contributed by atoms with Gasteiger partial charge in [-0.15, -0.1) is 0 Å². The van der Waals surface area contributed by atoms with Crippen molar-refractivity contribution in [2.24, 2.45) is 0 Å². The fraction of sp³-hybridized carbons (Fsp3) is 0.368. The lowest BCUT2D eigenvalue weighted by molar-refractivity contribution is 0.0845. The maximum Gasteiger partial charge on any atom is 0.261 e. The first-order chi connectivity index (χ1) is 11.3. The van der Waals surface area contributed by atoms with Crippen LogP contribution >= 0.6 is 0 Å². The number of fused-ring (bicyclic) bond motifs is 1. The summed E-state index contributed by atoms with van der Waals surface area (Å²) in [5, 5.41) is 0. The van der Waals surface area contributed by atoms with Crippen LogP contribution < -0.4 is 9.46 Å². The smallest absolute Gasteiger partial charge is 0.261 e. The molecule has 0 aromatic heterocycles. The molecular weight excluding hydrogens is 322 g/mol. The summed E-state index contributed by atoms with van der Waals surface area (Å²) in [6.45, 7) is 6.10. The summed E-state index contributed by atoms with van der Waals surface area (Å²) < 4.78 is 34.1. The van der Waals surface area contributed by atoms with E-state index in [9.17, 15) is 8.42 Å². The zero-order valence-corrected chi connectivity index (χ0v) is 15.1. The fourth-order valence-electron chi connectivity index (χ4n) is 2.93. The van der Waals surface area contributed by atoms with Crippen LogP contribution in [-0.2, 0) is 22.9 Å². The van der Waals surface area contributed by atoms with E-state index < -0.39 is 10.0 Å². The van der Waals surface area contributed by atoms with Crippen LogP contribution in [0.1, 0.15) is 38.3 Å². The molecule has 0 aliphatic carbocycles. The summed E-state index contributed by atoms with van der Waals surface area (Å²) in [7, 11) is -3.61. The summed E-state index contributed by atoms with van der Waals surface area (Å²) >= 11 is 0. The highest BCUT2D eigenvalue weighted by Gasteiger charge is 2.27. The van der Waals surface area contributed by atoms with Crippen molar-refractivity contribution in [2.45, 2.75) is 50.5 Å². The van der Waals surface area contributed by atoms with Crippen molar-refractivity contribution in [3.63, 3.8) is 0 Å². The van der Waals surface area contributed by atoms with E-state index in [2.05, 4.69) is 4.72 Å². The Morgan fingerprint density at radius 1 is 1.17 bits per heavy atom. The third-order valence-electron chi connectivity index (χ3n) is 4.37. The van der Waals surface area contributed by atoms with Gasteiger partial charge in [0.1, 0.15) is 11.4 Å². The van der Waals surface area contributed by atoms with Gasteiger partial charge in [-0.25, -0.2) is 8.42 Å². The second-order valence-corrected chi connectivity index (χ2v) is 8.43. The third kappa shape index (κ3) is 3.41. The van der Waals surface area contributed by atoms with Gasteiger partial charge in [0.25, 0.3) is 10.0 Å². The van der Waals surface area contributed by atoms with Crippen molar-refractivity contribution in [2.75, 3.05) is 4.72 Å². The molecule has 2 aromatic rings. The van der Waals surface area contributed by atoms with Crippen LogP contribution in [0.15, 0.2) is 47.4 Å². The van der Waals surface area contributed by atoms with Gasteiger partial charge in [0.2, 0.25) is 0 Å². The van der Waals surface area contributed by atoms with Gasteiger partial charge in [-0.3, -0.25) is 4.72 Å². The summed E-state index contributed by atoms with van der Waals surface area (Å²) in [5.74, 6) is 0.777. The Balaban J connectivity index is 1.91. The van der Waals surface area contributed by atoms with Crippen molar-refractivity contribution < 1.29 is 13.2 Å². The molecule has 0 bridgehead atoms. The fourth-order valence-corrected chi connectivity index (χ4v) is 4.09. The SMILES string of the molecule is CCc1ccccc1NS(=O)(=O)c1ccc2c(c1)CCC(C)(C)O2. The minimum atomic E-state index is -3.61. The molecule has 128 valence electrons. The number of para-hydroxylation sites is 1. The molecule has 0 unspecified atom stereocenters. The molecule has 0 spiro atoms. The normalized spacial score (nSPS) is 16.1. The molecule has 1 aliphatic rings. The quantitative estimate of drug-likeness (QED) is 0.905. The largest absolute Gasteiger partial charge is 0.488 e. The number of anilines is 1. The minimum absolute atomic E-state index is 0.203. The lowest BCUT2D eigenvalue weighted by Crippen LogP contribution is -2.32. The highest BCUT2D eigenvalue weighted by molar-refractivity contribution is 7.92. The van der Waals surface area contributed by atoms with E-state index in [-0.39, 0.29) is 10.5 Å². The molecule has 0 fully saturated rings. The first kappa shape index (κ1) is 16.8. The molecule has 1 aliphatic heterocycles. The molecular formula is C19H23NO3S. The Labute approximate surface area is 143 Å². The minimum Gasteiger partial charge on any atom is -0.488 e. The molecule has 4 nitrogen and oxygen atoms in total. The van der Waals surface area contributed by atoms with Gasteiger partial charge in [-0.05, 0) is 68.5 Å². The second-order valence-electron chi connectivity index (χ2n) is 6.75. The van der Waals surface area contributed by atoms with E-state index in [0.29, 0.717) is 5.69 Å². The van der Waals surface area contributed by atoms with E-state index in [1.165, 1.54) is 0 Å². The first-order valence-electron chi connectivity index (χ1n) is 8.23. The average Bonchev–Trinajstić information content (AvgIpc) is 2.53. The van der Waals surface area contributed by atoms with Crippen LogP contribution in [0.3, 0.4) is 0 Å². The van der Waals surface area contributed by atoms with Crippen LogP contribution in [-0.4, -0.2) is 14.0 Å². The Morgan fingerprint density at radius 2 is 1.92 bits per heavy atom. The summed E-state index contributed by atoms with van der Waals surface area (Å²) in [5.41, 5.74) is 2.35. The third-order valence-corrected chi connectivity index (χ3v) is 5.73. The van der Waals surface area contributed by atoms with Crippen LogP contribution in [0.25, 0.3) is 0 Å². The second kappa shape index (κ2) is 6.13. The van der Waals surface area contributed by atoms with Gasteiger partial charge in [-0.2, -0.15) is 0 Å². The predicted molar refractivity (Wildman–Crippen MR) is 96.1 cm³/mol. The molecule has 0 saturated carbocycles. The maximum atomic E-state index is 12.7. The zero-order valence-electron chi connectivity index (χ0n) is 14.3. The molecule has 0 saturated heterocycles. The van der Waals surface area contributed by atoms with Crippen LogP contribution in [0, 0.1) is 0 Å². The molecule has 0 atom stereocenters. The van der Waals surface area contributed by atoms with Crippen molar-refractivity contribution >= 4 is 15.7 Å². The highest BCUT2D eigenvalue weighted by atomic mass is 32.2. The van der Waals surface area contributed by atoms with Crippen molar-refractivity contribution in [1.29, 1.82) is 0 Å². The van der Waals surface area contributed by atoms with Crippen LogP contribution in [0.5, 0.6) is 5.75 Å². The number of aryl methyl sites for hydroxylation is 2. The summed E-state index contributed by atoms with van der Waals surface area (Å²) in [6.07, 6.45) is 2.46. The number of nitrogens with one attached hydrogen (secondary N) is 1. The van der Waals surface area contributed by atoms with E-state index >= 15 is 0 Å². The zero-order chi connectivity index (χ0) is 17.4. The molecule has 5 heteroatoms. The van der Waals surface area contributed by atoms with Crippen LogP contribution in [0.4, 0.5) is 5.69 Å². The number of hydrogen-bond acceptors (Lipinski definition) is 3. The Kier molecular flexibility index (Phi) is 4.30. The standard InChI is InChI=1S/C19H23NO3S/c1-4-14-7-5-6-8-17(14)20-24(21,22)16-9-10-18-15(13-16)11-12-19(2,3)23-18/h5-10,13,20H,4,11-12H2,1-3H3. The van der Waals surface area contributed by atoms with E-state index in [1.54, 1.807) is 24.3 Å². The predicted octanol–water partition coefficient (Wildman–Crippen LogP) is 4.15. The number of benzene rings is 2. The Morgan fingerprint density at radius 3 is 2.67 bits per heavy atom. The summed E-state index contributed by atoms with van der Waals surface area (Å²) in [6, 6.07) is 12.6. The first-order valence-corrected chi connectivity index (χ1v) is 9.72. The van der Waals surface area contributed by atoms with Gasteiger partial charge in [0, 0.05) is 0 Å². The number of ether oxygens (including phenoxy) is 1. The molecule has 3 rings (SSSR count). The van der Waals surface area contributed by atoms with E-state index in [1.807, 2.05) is 39.0 Å². The Bertz CT molecular complexity index is 857. The van der Waals surface area contributed by atoms with Gasteiger partial charge < -0.3 is 4.74 Å². The van der Waals surface area contributed by atoms with Gasteiger partial charge in [-0.1, -0.05) is 25.1 Å². The lowest BCUT2D eigenvalue weighted by Gasteiger charge is -2.32. The van der Waals surface area contributed by atoms with Crippen molar-refractivity contribution in [3.05, 3.63) is 53.6 Å². The number of rotatable bonds is 4. The van der Waals surface area contributed by atoms with E-state index in [0.717, 1.165) is 36.1 Å². The van der Waals surface area contributed by atoms with Gasteiger partial charge >= 0.3 is 0 Å². The average molecular weight is 345 g/mol. The summed E-state index contributed by atoms with van der Waals surface area (Å²) in [4.78, 5) is 0.274. The molecule has 1 N–H and O–H groups in total. The molecule has 1 heterocycles. The molecule has 0 amide bonds. The number of hydrogen-bond donors (Lipinski definition) is 1. The number of sulfonamides is 1. The monoisotopic (exact) mass is 345 g/mol. The molecule has 24 heavy (non-hydrogen) atoms. The molecule has 0 radical (unpaired) electrons. The van der Waals surface area contributed by atoms with Gasteiger partial charge in [0.05, 0.1) is 10.6 Å². The lowest BCUT2D eigenvalue weighted by atomic mass is 9.94. The Hall–Kier alpha value is -2.01. The highest BCUT2D eigenvalue weighted by Crippen LogP contribution is 2.34. The van der Waals surface area contributed by atoms with E-state index in [4.69, 9.17) is 4.74 Å². The molecule has 2 aromatic carbocycles. The van der Waals surface area contributed by atoms with Crippen LogP contribution in [0.2, 0.25) is 0 Å². The van der Waals surface area contributed by atoms with Crippen molar-refractivity contribution in [3.8, 4) is 5.75 Å². The van der Waals surface area contributed by atoms with Gasteiger partial charge in [0.15, 0.2) is 0 Å². The maximum absolute atomic E-state index is 12.7. The van der Waals surface area contributed by atoms with Crippen molar-refractivity contribution in [1.82, 2.24) is 0 Å².